The fraction of sp³-hybridized carbons (Fsp3) is 0.500. The molecule has 1 amide bonds. The molecule has 0 radical (unpaired) electrons. The summed E-state index contributed by atoms with van der Waals surface area (Å²) < 4.78 is 26.3. The van der Waals surface area contributed by atoms with Gasteiger partial charge in [0.2, 0.25) is 15.9 Å². The van der Waals surface area contributed by atoms with Crippen LogP contribution in [0.15, 0.2) is 35.2 Å². The highest BCUT2D eigenvalue weighted by molar-refractivity contribution is 7.89. The average Bonchev–Trinajstić information content (AvgIpc) is 3.23. The van der Waals surface area contributed by atoms with Crippen molar-refractivity contribution in [3.8, 4) is 0 Å². The topological polar surface area (TPSA) is 75.3 Å². The monoisotopic (exact) mass is 296 g/mol. The van der Waals surface area contributed by atoms with Crippen LogP contribution in [0.1, 0.15) is 32.1 Å². The van der Waals surface area contributed by atoms with Crippen LogP contribution in [0.5, 0.6) is 0 Å². The molecule has 1 aromatic rings. The van der Waals surface area contributed by atoms with Gasteiger partial charge in [-0.15, -0.1) is 0 Å². The summed E-state index contributed by atoms with van der Waals surface area (Å²) in [5, 5.41) is 2.91. The van der Waals surface area contributed by atoms with Gasteiger partial charge in [0.05, 0.1) is 4.90 Å². The summed E-state index contributed by atoms with van der Waals surface area (Å²) in [6, 6.07) is 8.67. The van der Waals surface area contributed by atoms with Crippen LogP contribution in [0.25, 0.3) is 0 Å². The minimum atomic E-state index is -3.42. The van der Waals surface area contributed by atoms with Gasteiger partial charge >= 0.3 is 0 Å². The van der Waals surface area contributed by atoms with E-state index < -0.39 is 10.0 Å². The molecule has 0 aliphatic heterocycles. The Morgan fingerprint density at radius 1 is 1.15 bits per heavy atom. The Bertz CT molecular complexity index is 539. The van der Waals surface area contributed by atoms with Crippen LogP contribution in [0.4, 0.5) is 0 Å². The minimum absolute atomic E-state index is 0.0680. The van der Waals surface area contributed by atoms with Gasteiger partial charge in [0.15, 0.2) is 0 Å². The quantitative estimate of drug-likeness (QED) is 0.712. The predicted molar refractivity (Wildman–Crippen MR) is 76.6 cm³/mol. The highest BCUT2D eigenvalue weighted by Crippen LogP contribution is 2.18. The van der Waals surface area contributed by atoms with E-state index in [9.17, 15) is 13.2 Å². The van der Waals surface area contributed by atoms with Gasteiger partial charge in [0.25, 0.3) is 0 Å². The summed E-state index contributed by atoms with van der Waals surface area (Å²) in [5.74, 6) is 0.0680. The first-order valence-electron chi connectivity index (χ1n) is 6.92. The van der Waals surface area contributed by atoms with Crippen LogP contribution in [0.3, 0.4) is 0 Å². The summed E-state index contributed by atoms with van der Waals surface area (Å²) in [7, 11) is -3.42. The van der Waals surface area contributed by atoms with Crippen LogP contribution in [-0.2, 0) is 14.8 Å². The molecule has 0 unspecified atom stereocenters. The molecule has 1 saturated carbocycles. The first kappa shape index (κ1) is 15.0. The van der Waals surface area contributed by atoms with Crippen molar-refractivity contribution in [3.63, 3.8) is 0 Å². The standard InChI is InChI=1S/C14H20N2O3S/c17-14(16-12-9-10-12)8-4-5-11-15-20(18,19)13-6-2-1-3-7-13/h1-3,6-7,12,15H,4-5,8-11H2,(H,16,17). The maximum Gasteiger partial charge on any atom is 0.240 e. The van der Waals surface area contributed by atoms with Gasteiger partial charge in [0.1, 0.15) is 0 Å². The van der Waals surface area contributed by atoms with Crippen LogP contribution in [0, 0.1) is 0 Å². The number of rotatable bonds is 8. The molecular formula is C14H20N2O3S. The molecule has 1 aliphatic carbocycles. The highest BCUT2D eigenvalue weighted by atomic mass is 32.2. The fourth-order valence-corrected chi connectivity index (χ4v) is 2.92. The first-order valence-corrected chi connectivity index (χ1v) is 8.40. The van der Waals surface area contributed by atoms with Crippen molar-refractivity contribution in [1.82, 2.24) is 10.0 Å². The maximum absolute atomic E-state index is 11.9. The van der Waals surface area contributed by atoms with Gasteiger partial charge < -0.3 is 5.32 Å². The zero-order valence-electron chi connectivity index (χ0n) is 11.3. The molecular weight excluding hydrogens is 276 g/mol. The van der Waals surface area contributed by atoms with E-state index in [2.05, 4.69) is 10.0 Å². The Kier molecular flexibility index (Phi) is 5.14. The van der Waals surface area contributed by atoms with Crippen LogP contribution in [-0.4, -0.2) is 26.9 Å². The van der Waals surface area contributed by atoms with Crippen molar-refractivity contribution in [2.75, 3.05) is 6.54 Å². The van der Waals surface area contributed by atoms with Gasteiger partial charge in [0, 0.05) is 19.0 Å². The molecule has 0 aromatic heterocycles. The van der Waals surface area contributed by atoms with E-state index in [-0.39, 0.29) is 10.8 Å². The van der Waals surface area contributed by atoms with Crippen LogP contribution < -0.4 is 10.0 Å². The number of hydrogen-bond donors (Lipinski definition) is 2. The van der Waals surface area contributed by atoms with Gasteiger partial charge in [-0.2, -0.15) is 0 Å². The molecule has 0 bridgehead atoms. The van der Waals surface area contributed by atoms with Crippen LogP contribution in [0.2, 0.25) is 0 Å². The molecule has 2 N–H and O–H groups in total. The van der Waals surface area contributed by atoms with Crippen molar-refractivity contribution >= 4 is 15.9 Å². The molecule has 2 rings (SSSR count). The zero-order chi connectivity index (χ0) is 14.4. The molecule has 1 aliphatic rings. The third-order valence-electron chi connectivity index (χ3n) is 3.12. The van der Waals surface area contributed by atoms with Crippen molar-refractivity contribution in [2.24, 2.45) is 0 Å². The maximum atomic E-state index is 11.9. The molecule has 0 saturated heterocycles. The number of amides is 1. The Labute approximate surface area is 119 Å². The summed E-state index contributed by atoms with van der Waals surface area (Å²) in [6.07, 6.45) is 3.98. The number of sulfonamides is 1. The van der Waals surface area contributed by atoms with E-state index in [0.717, 1.165) is 12.8 Å². The summed E-state index contributed by atoms with van der Waals surface area (Å²) in [6.45, 7) is 0.355. The second-order valence-corrected chi connectivity index (χ2v) is 6.78. The van der Waals surface area contributed by atoms with E-state index >= 15 is 0 Å². The second-order valence-electron chi connectivity index (χ2n) is 5.01. The largest absolute Gasteiger partial charge is 0.353 e. The molecule has 0 heterocycles. The van der Waals surface area contributed by atoms with E-state index in [1.165, 1.54) is 0 Å². The Morgan fingerprint density at radius 3 is 2.50 bits per heavy atom. The summed E-state index contributed by atoms with van der Waals surface area (Å²) >= 11 is 0. The number of unbranched alkanes of at least 4 members (excludes halogenated alkanes) is 1. The van der Waals surface area contributed by atoms with E-state index in [0.29, 0.717) is 31.8 Å². The van der Waals surface area contributed by atoms with Gasteiger partial charge in [-0.3, -0.25) is 4.79 Å². The lowest BCUT2D eigenvalue weighted by atomic mass is 10.2. The van der Waals surface area contributed by atoms with Crippen LogP contribution >= 0.6 is 0 Å². The first-order chi connectivity index (χ1) is 9.58. The second kappa shape index (κ2) is 6.85. The molecule has 110 valence electrons. The lowest BCUT2D eigenvalue weighted by Crippen LogP contribution is -2.26. The molecule has 5 nitrogen and oxygen atoms in total. The SMILES string of the molecule is O=C(CCCCNS(=O)(=O)c1ccccc1)NC1CC1. The average molecular weight is 296 g/mol. The van der Waals surface area contributed by atoms with Crippen molar-refractivity contribution in [3.05, 3.63) is 30.3 Å². The molecule has 20 heavy (non-hydrogen) atoms. The predicted octanol–water partition coefficient (Wildman–Crippen LogP) is 1.41. The molecule has 0 spiro atoms. The Balaban J connectivity index is 1.64. The van der Waals surface area contributed by atoms with Crippen molar-refractivity contribution in [1.29, 1.82) is 0 Å². The van der Waals surface area contributed by atoms with E-state index in [1.807, 2.05) is 0 Å². The van der Waals surface area contributed by atoms with E-state index in [1.54, 1.807) is 30.3 Å². The number of nitrogens with one attached hydrogen (secondary N) is 2. The third kappa shape index (κ3) is 4.94. The van der Waals surface area contributed by atoms with Gasteiger partial charge in [-0.05, 0) is 37.8 Å². The van der Waals surface area contributed by atoms with Gasteiger partial charge in [-0.25, -0.2) is 13.1 Å². The van der Waals surface area contributed by atoms with Crippen molar-refractivity contribution < 1.29 is 13.2 Å². The van der Waals surface area contributed by atoms with Crippen molar-refractivity contribution in [2.45, 2.75) is 43.0 Å². The molecule has 1 fully saturated rings. The summed E-state index contributed by atoms with van der Waals surface area (Å²) in [5.41, 5.74) is 0. The Hall–Kier alpha value is -1.40. The number of hydrogen-bond acceptors (Lipinski definition) is 3. The van der Waals surface area contributed by atoms with E-state index in [4.69, 9.17) is 0 Å². The highest BCUT2D eigenvalue weighted by Gasteiger charge is 2.22. The summed E-state index contributed by atoms with van der Waals surface area (Å²) in [4.78, 5) is 11.7. The molecule has 1 aromatic carbocycles. The third-order valence-corrected chi connectivity index (χ3v) is 4.60. The lowest BCUT2D eigenvalue weighted by molar-refractivity contribution is -0.121. The smallest absolute Gasteiger partial charge is 0.240 e. The van der Waals surface area contributed by atoms with Gasteiger partial charge in [-0.1, -0.05) is 18.2 Å². The number of benzene rings is 1. The lowest BCUT2D eigenvalue weighted by Gasteiger charge is -2.06. The molecule has 6 heteroatoms. The molecule has 0 atom stereocenters. The number of carbonyl (C=O) groups is 1. The minimum Gasteiger partial charge on any atom is -0.353 e. The number of carbonyl (C=O) groups excluding carboxylic acids is 1. The Morgan fingerprint density at radius 2 is 1.85 bits per heavy atom. The normalized spacial score (nSPS) is 15.0. The zero-order valence-corrected chi connectivity index (χ0v) is 12.2. The fourth-order valence-electron chi connectivity index (χ4n) is 1.83.